The third-order valence-electron chi connectivity index (χ3n) is 2.38. The Morgan fingerprint density at radius 1 is 1.56 bits per heavy atom. The van der Waals surface area contributed by atoms with Gasteiger partial charge in [-0.05, 0) is 24.6 Å². The molecule has 1 aromatic carbocycles. The highest BCUT2D eigenvalue weighted by Gasteiger charge is 2.16. The first-order valence-corrected chi connectivity index (χ1v) is 5.85. The molecule has 3 N–H and O–H groups in total. The Morgan fingerprint density at radius 2 is 2.28 bits per heavy atom. The number of methoxy groups -OCH3 is 1. The van der Waals surface area contributed by atoms with Gasteiger partial charge in [0.2, 0.25) is 0 Å². The summed E-state index contributed by atoms with van der Waals surface area (Å²) in [6.45, 7) is 0.241. The lowest BCUT2D eigenvalue weighted by Gasteiger charge is -2.17. The second kappa shape index (κ2) is 7.20. The van der Waals surface area contributed by atoms with E-state index in [-0.39, 0.29) is 29.0 Å². The molecule has 100 valence electrons. The number of hydrogen-bond acceptors (Lipinski definition) is 4. The zero-order valence-corrected chi connectivity index (χ0v) is 10.8. The number of rotatable bonds is 6. The number of ether oxygens (including phenoxy) is 1. The fourth-order valence-electron chi connectivity index (χ4n) is 1.50. The molecule has 0 aromatic heterocycles. The summed E-state index contributed by atoms with van der Waals surface area (Å²) in [6, 6.07) is 3.84. The van der Waals surface area contributed by atoms with E-state index in [9.17, 15) is 9.90 Å². The summed E-state index contributed by atoms with van der Waals surface area (Å²) in [7, 11) is 1.51. The van der Waals surface area contributed by atoms with Crippen molar-refractivity contribution in [1.82, 2.24) is 5.32 Å². The maximum Gasteiger partial charge on any atom is 0.253 e. The molecule has 1 amide bonds. The predicted molar refractivity (Wildman–Crippen MR) is 67.9 cm³/mol. The van der Waals surface area contributed by atoms with E-state index in [1.807, 2.05) is 0 Å². The Kier molecular flexibility index (Phi) is 5.91. The number of carbonyl (C=O) groups is 1. The van der Waals surface area contributed by atoms with Gasteiger partial charge in [-0.15, -0.1) is 0 Å². The predicted octanol–water partition coefficient (Wildman–Crippen LogP) is 1.17. The second-order valence-electron chi connectivity index (χ2n) is 3.80. The second-order valence-corrected chi connectivity index (χ2v) is 4.21. The number of carbonyl (C=O) groups excluding carboxylic acids is 1. The zero-order chi connectivity index (χ0) is 13.5. The number of hydrogen-bond donors (Lipinski definition) is 3. The monoisotopic (exact) mass is 273 g/mol. The summed E-state index contributed by atoms with van der Waals surface area (Å²) in [5.41, 5.74) is 0.190. The van der Waals surface area contributed by atoms with Gasteiger partial charge in [-0.2, -0.15) is 0 Å². The van der Waals surface area contributed by atoms with E-state index in [4.69, 9.17) is 21.4 Å². The van der Waals surface area contributed by atoms with Crippen molar-refractivity contribution in [3.63, 3.8) is 0 Å². The van der Waals surface area contributed by atoms with E-state index in [2.05, 4.69) is 5.32 Å². The number of phenolic OH excluding ortho intramolecular Hbond substituents is 1. The largest absolute Gasteiger partial charge is 0.508 e. The summed E-state index contributed by atoms with van der Waals surface area (Å²) >= 11 is 5.88. The first-order valence-electron chi connectivity index (χ1n) is 5.47. The number of nitrogens with one attached hydrogen (secondary N) is 1. The average molecular weight is 274 g/mol. The van der Waals surface area contributed by atoms with Gasteiger partial charge in [0, 0.05) is 13.7 Å². The quantitative estimate of drug-likeness (QED) is 0.727. The van der Waals surface area contributed by atoms with Crippen LogP contribution >= 0.6 is 11.6 Å². The molecule has 0 spiro atoms. The van der Waals surface area contributed by atoms with Crippen molar-refractivity contribution < 1.29 is 19.7 Å². The van der Waals surface area contributed by atoms with Gasteiger partial charge in [0.05, 0.1) is 23.2 Å². The molecule has 0 saturated carbocycles. The molecule has 0 heterocycles. The van der Waals surface area contributed by atoms with Crippen LogP contribution in [-0.4, -0.2) is 42.5 Å². The highest BCUT2D eigenvalue weighted by molar-refractivity contribution is 6.33. The number of aliphatic hydroxyl groups excluding tert-OH is 1. The van der Waals surface area contributed by atoms with Crippen LogP contribution in [0.1, 0.15) is 16.8 Å². The Morgan fingerprint density at radius 3 is 2.89 bits per heavy atom. The van der Waals surface area contributed by atoms with E-state index in [0.717, 1.165) is 0 Å². The fraction of sp³-hybridized carbons (Fsp3) is 0.417. The van der Waals surface area contributed by atoms with Crippen LogP contribution in [0.4, 0.5) is 0 Å². The summed E-state index contributed by atoms with van der Waals surface area (Å²) in [5.74, 6) is -0.443. The topological polar surface area (TPSA) is 78.8 Å². The minimum atomic E-state index is -0.411. The molecule has 6 heteroatoms. The average Bonchev–Trinajstić information content (AvgIpc) is 2.33. The minimum absolute atomic E-state index is 0.0324. The number of amides is 1. The number of aliphatic hydroxyl groups is 1. The molecule has 0 aliphatic carbocycles. The molecule has 5 nitrogen and oxygen atoms in total. The Balaban J connectivity index is 2.76. The normalized spacial score (nSPS) is 12.2. The Bertz CT molecular complexity index is 405. The molecule has 1 unspecified atom stereocenters. The van der Waals surface area contributed by atoms with Gasteiger partial charge in [0.15, 0.2) is 0 Å². The van der Waals surface area contributed by atoms with Crippen LogP contribution in [0, 0.1) is 0 Å². The van der Waals surface area contributed by atoms with Crippen molar-refractivity contribution in [3.05, 3.63) is 28.8 Å². The highest BCUT2D eigenvalue weighted by Crippen LogP contribution is 2.21. The van der Waals surface area contributed by atoms with Crippen LogP contribution in [0.5, 0.6) is 5.75 Å². The summed E-state index contributed by atoms with van der Waals surface area (Å²) < 4.78 is 4.94. The molecule has 0 saturated heterocycles. The van der Waals surface area contributed by atoms with Gasteiger partial charge < -0.3 is 20.3 Å². The third-order valence-corrected chi connectivity index (χ3v) is 2.70. The van der Waals surface area contributed by atoms with E-state index in [1.165, 1.54) is 25.3 Å². The van der Waals surface area contributed by atoms with Gasteiger partial charge in [0.25, 0.3) is 5.91 Å². The van der Waals surface area contributed by atoms with E-state index in [0.29, 0.717) is 13.0 Å². The van der Waals surface area contributed by atoms with Gasteiger partial charge in [-0.25, -0.2) is 0 Å². The lowest BCUT2D eigenvalue weighted by Crippen LogP contribution is -2.38. The molecule has 0 radical (unpaired) electrons. The van der Waals surface area contributed by atoms with Crippen molar-refractivity contribution in [2.24, 2.45) is 0 Å². The van der Waals surface area contributed by atoms with Crippen LogP contribution in [-0.2, 0) is 4.74 Å². The zero-order valence-electron chi connectivity index (χ0n) is 10.0. The molecular weight excluding hydrogens is 258 g/mol. The van der Waals surface area contributed by atoms with Gasteiger partial charge in [0.1, 0.15) is 5.75 Å². The summed E-state index contributed by atoms with van der Waals surface area (Å²) in [6.07, 6.45) is 0.385. The minimum Gasteiger partial charge on any atom is -0.508 e. The molecule has 18 heavy (non-hydrogen) atoms. The third kappa shape index (κ3) is 4.18. The highest BCUT2D eigenvalue weighted by atomic mass is 35.5. The Hall–Kier alpha value is -1.30. The van der Waals surface area contributed by atoms with Gasteiger partial charge in [-0.1, -0.05) is 11.6 Å². The Labute approximate surface area is 110 Å². The first-order chi connectivity index (χ1) is 8.58. The van der Waals surface area contributed by atoms with Crippen LogP contribution in [0.25, 0.3) is 0 Å². The smallest absolute Gasteiger partial charge is 0.253 e. The van der Waals surface area contributed by atoms with Crippen molar-refractivity contribution in [2.45, 2.75) is 12.5 Å². The fourth-order valence-corrected chi connectivity index (χ4v) is 1.71. The van der Waals surface area contributed by atoms with E-state index >= 15 is 0 Å². The number of aromatic hydroxyl groups is 1. The van der Waals surface area contributed by atoms with Crippen molar-refractivity contribution in [2.75, 3.05) is 20.3 Å². The molecular formula is C12H16ClNO4. The molecule has 1 atom stereocenters. The number of benzene rings is 1. The molecule has 0 aliphatic heterocycles. The molecule has 0 bridgehead atoms. The SMILES string of the molecule is COCC(CCO)NC(=O)c1cc(O)ccc1Cl. The van der Waals surface area contributed by atoms with Crippen LogP contribution < -0.4 is 5.32 Å². The van der Waals surface area contributed by atoms with Crippen LogP contribution in [0.3, 0.4) is 0 Å². The molecule has 0 aliphatic rings. The lowest BCUT2D eigenvalue weighted by atomic mass is 10.1. The van der Waals surface area contributed by atoms with Gasteiger partial charge >= 0.3 is 0 Å². The number of phenols is 1. The maximum absolute atomic E-state index is 11.9. The summed E-state index contributed by atoms with van der Waals surface area (Å²) in [4.78, 5) is 11.9. The van der Waals surface area contributed by atoms with Crippen LogP contribution in [0.15, 0.2) is 18.2 Å². The lowest BCUT2D eigenvalue weighted by molar-refractivity contribution is 0.0878. The maximum atomic E-state index is 11.9. The molecule has 1 rings (SSSR count). The standard InChI is InChI=1S/C12H16ClNO4/c1-18-7-8(4-5-15)14-12(17)10-6-9(16)2-3-11(10)13/h2-3,6,8,15-16H,4-5,7H2,1H3,(H,14,17). The van der Waals surface area contributed by atoms with Crippen molar-refractivity contribution in [1.29, 1.82) is 0 Å². The van der Waals surface area contributed by atoms with Crippen molar-refractivity contribution in [3.8, 4) is 5.75 Å². The molecule has 0 fully saturated rings. The first kappa shape index (κ1) is 14.8. The van der Waals surface area contributed by atoms with Crippen molar-refractivity contribution >= 4 is 17.5 Å². The number of halogens is 1. The molecule has 1 aromatic rings. The van der Waals surface area contributed by atoms with Crippen LogP contribution in [0.2, 0.25) is 5.02 Å². The summed E-state index contributed by atoms with van der Waals surface area (Å²) in [5, 5.41) is 21.1. The van der Waals surface area contributed by atoms with E-state index in [1.54, 1.807) is 0 Å². The van der Waals surface area contributed by atoms with E-state index < -0.39 is 5.91 Å². The van der Waals surface area contributed by atoms with Gasteiger partial charge in [-0.3, -0.25) is 4.79 Å².